The highest BCUT2D eigenvalue weighted by atomic mass is 35.5. The molecular weight excluding hydrogens is 334 g/mol. The number of rotatable bonds is 6. The molecular formula is C21H20ClNO2. The van der Waals surface area contributed by atoms with Gasteiger partial charge in [-0.1, -0.05) is 54.1 Å². The smallest absolute Gasteiger partial charge is 0.287 e. The number of hydrogen-bond acceptors (Lipinski definition) is 2. The van der Waals surface area contributed by atoms with Crippen LogP contribution in [0, 0.1) is 0 Å². The van der Waals surface area contributed by atoms with E-state index in [1.807, 2.05) is 43.3 Å². The van der Waals surface area contributed by atoms with Gasteiger partial charge in [0.15, 0.2) is 5.76 Å². The van der Waals surface area contributed by atoms with Crippen LogP contribution < -0.4 is 5.32 Å². The Morgan fingerprint density at radius 2 is 1.76 bits per heavy atom. The molecule has 0 aliphatic rings. The van der Waals surface area contributed by atoms with Crippen LogP contribution >= 0.6 is 11.6 Å². The second-order valence-electron chi connectivity index (χ2n) is 6.04. The number of hydrogen-bond donors (Lipinski definition) is 1. The van der Waals surface area contributed by atoms with E-state index in [0.29, 0.717) is 16.5 Å². The lowest BCUT2D eigenvalue weighted by molar-refractivity contribution is 0.0911. The number of nitrogens with one attached hydrogen (secondary N) is 1. The fourth-order valence-corrected chi connectivity index (χ4v) is 2.89. The van der Waals surface area contributed by atoms with E-state index < -0.39 is 0 Å². The zero-order chi connectivity index (χ0) is 17.6. The van der Waals surface area contributed by atoms with Crippen LogP contribution in [0.3, 0.4) is 0 Å². The van der Waals surface area contributed by atoms with Crippen molar-refractivity contribution < 1.29 is 9.21 Å². The Bertz CT molecular complexity index is 842. The van der Waals surface area contributed by atoms with E-state index in [-0.39, 0.29) is 11.9 Å². The summed E-state index contributed by atoms with van der Waals surface area (Å²) in [6.45, 7) is 2.00. The van der Waals surface area contributed by atoms with Crippen LogP contribution in [0.25, 0.3) is 11.3 Å². The van der Waals surface area contributed by atoms with Crippen molar-refractivity contribution in [3.05, 3.63) is 83.1 Å². The zero-order valence-electron chi connectivity index (χ0n) is 14.0. The lowest BCUT2D eigenvalue weighted by atomic mass is 10.1. The van der Waals surface area contributed by atoms with Gasteiger partial charge in [0, 0.05) is 11.6 Å². The summed E-state index contributed by atoms with van der Waals surface area (Å²) >= 11 is 6.17. The van der Waals surface area contributed by atoms with Crippen molar-refractivity contribution in [3.63, 3.8) is 0 Å². The second kappa shape index (κ2) is 8.04. The van der Waals surface area contributed by atoms with Gasteiger partial charge in [-0.25, -0.2) is 0 Å². The van der Waals surface area contributed by atoms with E-state index in [1.54, 1.807) is 18.2 Å². The Kier molecular flexibility index (Phi) is 5.56. The van der Waals surface area contributed by atoms with Crippen molar-refractivity contribution in [1.82, 2.24) is 5.32 Å². The molecule has 1 N–H and O–H groups in total. The Morgan fingerprint density at radius 1 is 1.04 bits per heavy atom. The van der Waals surface area contributed by atoms with Crippen molar-refractivity contribution >= 4 is 17.5 Å². The number of aryl methyl sites for hydroxylation is 1. The van der Waals surface area contributed by atoms with Crippen LogP contribution in [0.5, 0.6) is 0 Å². The minimum atomic E-state index is -0.209. The van der Waals surface area contributed by atoms with Gasteiger partial charge >= 0.3 is 0 Å². The first-order chi connectivity index (χ1) is 12.1. The van der Waals surface area contributed by atoms with Crippen molar-refractivity contribution in [2.75, 3.05) is 0 Å². The van der Waals surface area contributed by atoms with Gasteiger partial charge in [0.2, 0.25) is 0 Å². The maximum atomic E-state index is 12.4. The molecule has 0 spiro atoms. The standard InChI is InChI=1S/C21H20ClNO2/c1-15(11-12-16-7-3-2-4-8-16)23-21(24)20-14-13-19(25-20)17-9-5-6-10-18(17)22/h2-10,13-15H,11-12H2,1H3,(H,23,24). The van der Waals surface area contributed by atoms with Gasteiger partial charge in [-0.2, -0.15) is 0 Å². The van der Waals surface area contributed by atoms with Crippen LogP contribution in [0.2, 0.25) is 5.02 Å². The van der Waals surface area contributed by atoms with Gasteiger partial charge in [0.25, 0.3) is 5.91 Å². The Labute approximate surface area is 152 Å². The molecule has 3 nitrogen and oxygen atoms in total. The predicted octanol–water partition coefficient (Wildman–Crippen LogP) is 5.35. The number of benzene rings is 2. The third kappa shape index (κ3) is 4.52. The summed E-state index contributed by atoms with van der Waals surface area (Å²) in [4.78, 5) is 12.4. The van der Waals surface area contributed by atoms with Crippen LogP contribution in [0.15, 0.2) is 71.1 Å². The second-order valence-corrected chi connectivity index (χ2v) is 6.45. The summed E-state index contributed by atoms with van der Waals surface area (Å²) in [7, 11) is 0. The number of halogens is 1. The lowest BCUT2D eigenvalue weighted by Crippen LogP contribution is -2.32. The minimum Gasteiger partial charge on any atom is -0.451 e. The molecule has 4 heteroatoms. The van der Waals surface area contributed by atoms with Gasteiger partial charge in [0.1, 0.15) is 5.76 Å². The molecule has 128 valence electrons. The molecule has 1 amide bonds. The predicted molar refractivity (Wildman–Crippen MR) is 101 cm³/mol. The summed E-state index contributed by atoms with van der Waals surface area (Å²) in [6, 6.07) is 21.2. The molecule has 1 atom stereocenters. The molecule has 3 rings (SSSR count). The third-order valence-corrected chi connectivity index (χ3v) is 4.39. The first-order valence-corrected chi connectivity index (χ1v) is 8.71. The van der Waals surface area contributed by atoms with E-state index in [1.165, 1.54) is 5.56 Å². The number of carbonyl (C=O) groups is 1. The number of furan rings is 1. The molecule has 0 radical (unpaired) electrons. The first-order valence-electron chi connectivity index (χ1n) is 8.33. The van der Waals surface area contributed by atoms with Crippen LogP contribution in [0.4, 0.5) is 0 Å². The maximum Gasteiger partial charge on any atom is 0.287 e. The average Bonchev–Trinajstić information content (AvgIpc) is 3.11. The van der Waals surface area contributed by atoms with Crippen molar-refractivity contribution in [2.45, 2.75) is 25.8 Å². The molecule has 0 saturated carbocycles. The molecule has 0 saturated heterocycles. The quantitative estimate of drug-likeness (QED) is 0.649. The maximum absolute atomic E-state index is 12.4. The minimum absolute atomic E-state index is 0.0570. The van der Waals surface area contributed by atoms with Crippen molar-refractivity contribution in [1.29, 1.82) is 0 Å². The molecule has 25 heavy (non-hydrogen) atoms. The van der Waals surface area contributed by atoms with E-state index >= 15 is 0 Å². The highest BCUT2D eigenvalue weighted by molar-refractivity contribution is 6.33. The highest BCUT2D eigenvalue weighted by Crippen LogP contribution is 2.29. The molecule has 2 aromatic carbocycles. The molecule has 1 unspecified atom stereocenters. The summed E-state index contributed by atoms with van der Waals surface area (Å²) in [5.41, 5.74) is 2.04. The van der Waals surface area contributed by atoms with Crippen molar-refractivity contribution in [2.24, 2.45) is 0 Å². The molecule has 3 aromatic rings. The third-order valence-electron chi connectivity index (χ3n) is 4.06. The van der Waals surface area contributed by atoms with Gasteiger partial charge in [0.05, 0.1) is 5.02 Å². The SMILES string of the molecule is CC(CCc1ccccc1)NC(=O)c1ccc(-c2ccccc2Cl)o1. The summed E-state index contributed by atoms with van der Waals surface area (Å²) in [5.74, 6) is 0.674. The van der Waals surface area contributed by atoms with Crippen LogP contribution in [-0.2, 0) is 6.42 Å². The van der Waals surface area contributed by atoms with Gasteiger partial charge in [-0.05, 0) is 49.6 Å². The Morgan fingerprint density at radius 3 is 2.52 bits per heavy atom. The van der Waals surface area contributed by atoms with Gasteiger partial charge in [-0.3, -0.25) is 4.79 Å². The number of amides is 1. The summed E-state index contributed by atoms with van der Waals surface area (Å²) in [6.07, 6.45) is 1.79. The average molecular weight is 354 g/mol. The molecule has 1 heterocycles. The largest absolute Gasteiger partial charge is 0.451 e. The molecule has 0 fully saturated rings. The van der Waals surface area contributed by atoms with Gasteiger partial charge in [-0.15, -0.1) is 0 Å². The first kappa shape index (κ1) is 17.3. The monoisotopic (exact) mass is 353 g/mol. The Balaban J connectivity index is 1.59. The van der Waals surface area contributed by atoms with E-state index in [9.17, 15) is 4.79 Å². The summed E-state index contributed by atoms with van der Waals surface area (Å²) < 4.78 is 5.68. The van der Waals surface area contributed by atoms with E-state index in [0.717, 1.165) is 18.4 Å². The molecule has 0 aliphatic heterocycles. The normalized spacial score (nSPS) is 11.9. The lowest BCUT2D eigenvalue weighted by Gasteiger charge is -2.12. The van der Waals surface area contributed by atoms with Crippen LogP contribution in [-0.4, -0.2) is 11.9 Å². The summed E-state index contributed by atoms with van der Waals surface area (Å²) in [5, 5.41) is 3.58. The van der Waals surface area contributed by atoms with E-state index in [2.05, 4.69) is 17.4 Å². The number of carbonyl (C=O) groups excluding carboxylic acids is 1. The van der Waals surface area contributed by atoms with Gasteiger partial charge < -0.3 is 9.73 Å². The fraction of sp³-hybridized carbons (Fsp3) is 0.190. The highest BCUT2D eigenvalue weighted by Gasteiger charge is 2.15. The Hall–Kier alpha value is -2.52. The molecule has 1 aromatic heterocycles. The van der Waals surface area contributed by atoms with E-state index in [4.69, 9.17) is 16.0 Å². The molecule has 0 aliphatic carbocycles. The van der Waals surface area contributed by atoms with Crippen molar-refractivity contribution in [3.8, 4) is 11.3 Å². The molecule has 0 bridgehead atoms. The fourth-order valence-electron chi connectivity index (χ4n) is 2.66. The zero-order valence-corrected chi connectivity index (χ0v) is 14.8. The topological polar surface area (TPSA) is 42.2 Å². The van der Waals surface area contributed by atoms with Crippen LogP contribution in [0.1, 0.15) is 29.5 Å².